The van der Waals surface area contributed by atoms with E-state index >= 15 is 0 Å². The van der Waals surface area contributed by atoms with Gasteiger partial charge in [0.2, 0.25) is 0 Å². The SMILES string of the molecule is CC1CNCCN1C(=O)c1cccc(S(=O)(=O)Nc2ccccc2F)c1.Cl. The van der Waals surface area contributed by atoms with Gasteiger partial charge in [0.15, 0.2) is 0 Å². The summed E-state index contributed by atoms with van der Waals surface area (Å²) >= 11 is 0. The zero-order valence-corrected chi connectivity index (χ0v) is 16.3. The van der Waals surface area contributed by atoms with Crippen molar-refractivity contribution in [1.29, 1.82) is 0 Å². The molecule has 2 aromatic rings. The molecule has 0 aromatic heterocycles. The van der Waals surface area contributed by atoms with E-state index in [2.05, 4.69) is 10.0 Å². The number of sulfonamides is 1. The molecule has 9 heteroatoms. The first kappa shape index (κ1) is 21.1. The standard InChI is InChI=1S/C18H20FN3O3S.ClH/c1-13-12-20-9-10-22(13)18(23)14-5-4-6-15(11-14)26(24,25)21-17-8-3-2-7-16(17)19;/h2-8,11,13,20-21H,9-10,12H2,1H3;1H. The van der Waals surface area contributed by atoms with E-state index in [1.807, 2.05) is 6.92 Å². The highest BCUT2D eigenvalue weighted by atomic mass is 35.5. The van der Waals surface area contributed by atoms with Crippen molar-refractivity contribution >= 4 is 34.0 Å². The summed E-state index contributed by atoms with van der Waals surface area (Å²) < 4.78 is 41.1. The van der Waals surface area contributed by atoms with Crippen molar-refractivity contribution < 1.29 is 17.6 Å². The van der Waals surface area contributed by atoms with Crippen LogP contribution < -0.4 is 10.0 Å². The summed E-state index contributed by atoms with van der Waals surface area (Å²) in [5.74, 6) is -0.889. The fourth-order valence-corrected chi connectivity index (χ4v) is 3.97. The third-order valence-electron chi connectivity index (χ3n) is 4.27. The summed E-state index contributed by atoms with van der Waals surface area (Å²) in [6.45, 7) is 3.89. The highest BCUT2D eigenvalue weighted by Gasteiger charge is 2.25. The Balaban J connectivity index is 0.00000261. The van der Waals surface area contributed by atoms with Crippen LogP contribution >= 0.6 is 12.4 Å². The van der Waals surface area contributed by atoms with Gasteiger partial charge in [0.1, 0.15) is 5.82 Å². The van der Waals surface area contributed by atoms with Crippen LogP contribution in [0.15, 0.2) is 53.4 Å². The maximum absolute atomic E-state index is 13.7. The highest BCUT2D eigenvalue weighted by Crippen LogP contribution is 2.20. The molecule has 1 aliphatic rings. The van der Waals surface area contributed by atoms with Gasteiger partial charge in [-0.25, -0.2) is 12.8 Å². The van der Waals surface area contributed by atoms with Crippen molar-refractivity contribution in [2.24, 2.45) is 0 Å². The molecule has 0 aliphatic carbocycles. The largest absolute Gasteiger partial charge is 0.333 e. The number of hydrogen-bond donors (Lipinski definition) is 2. The van der Waals surface area contributed by atoms with Crippen molar-refractivity contribution in [3.63, 3.8) is 0 Å². The molecule has 0 bridgehead atoms. The van der Waals surface area contributed by atoms with E-state index < -0.39 is 15.8 Å². The normalized spacial score (nSPS) is 17.1. The third-order valence-corrected chi connectivity index (χ3v) is 5.63. The van der Waals surface area contributed by atoms with Crippen molar-refractivity contribution in [3.8, 4) is 0 Å². The maximum atomic E-state index is 13.7. The molecule has 0 spiro atoms. The van der Waals surface area contributed by atoms with Crippen molar-refractivity contribution in [2.45, 2.75) is 17.9 Å². The van der Waals surface area contributed by atoms with Crippen molar-refractivity contribution in [3.05, 3.63) is 59.9 Å². The van der Waals surface area contributed by atoms with Crippen LogP contribution in [0.2, 0.25) is 0 Å². The molecule has 6 nitrogen and oxygen atoms in total. The molecular weight excluding hydrogens is 393 g/mol. The third kappa shape index (κ3) is 4.77. The second-order valence-corrected chi connectivity index (χ2v) is 7.85. The summed E-state index contributed by atoms with van der Waals surface area (Å²) in [6.07, 6.45) is 0. The van der Waals surface area contributed by atoms with Gasteiger partial charge in [-0.15, -0.1) is 12.4 Å². The summed E-state index contributed by atoms with van der Waals surface area (Å²) in [5.41, 5.74) is 0.148. The lowest BCUT2D eigenvalue weighted by molar-refractivity contribution is 0.0655. The smallest absolute Gasteiger partial charge is 0.262 e. The van der Waals surface area contributed by atoms with Gasteiger partial charge in [0.05, 0.1) is 10.6 Å². The van der Waals surface area contributed by atoms with E-state index in [1.54, 1.807) is 11.0 Å². The van der Waals surface area contributed by atoms with Gasteiger partial charge in [0.25, 0.3) is 15.9 Å². The number of halogens is 2. The predicted molar refractivity (Wildman–Crippen MR) is 104 cm³/mol. The van der Waals surface area contributed by atoms with Gasteiger partial charge in [0, 0.05) is 31.2 Å². The van der Waals surface area contributed by atoms with Gasteiger partial charge in [-0.3, -0.25) is 9.52 Å². The molecule has 1 fully saturated rings. The zero-order chi connectivity index (χ0) is 18.7. The Morgan fingerprint density at radius 1 is 1.22 bits per heavy atom. The summed E-state index contributed by atoms with van der Waals surface area (Å²) in [5, 5.41) is 3.20. The fourth-order valence-electron chi connectivity index (χ4n) is 2.85. The Morgan fingerprint density at radius 3 is 2.67 bits per heavy atom. The Bertz CT molecular complexity index is 924. The van der Waals surface area contributed by atoms with E-state index in [0.717, 1.165) is 0 Å². The number of amides is 1. The van der Waals surface area contributed by atoms with Crippen molar-refractivity contribution in [2.75, 3.05) is 24.4 Å². The number of anilines is 1. The van der Waals surface area contributed by atoms with Crippen LogP contribution in [0.4, 0.5) is 10.1 Å². The number of para-hydroxylation sites is 1. The first-order valence-electron chi connectivity index (χ1n) is 8.27. The van der Waals surface area contributed by atoms with Crippen LogP contribution in [0.1, 0.15) is 17.3 Å². The van der Waals surface area contributed by atoms with E-state index in [0.29, 0.717) is 19.6 Å². The number of carbonyl (C=O) groups excluding carboxylic acids is 1. The van der Waals surface area contributed by atoms with Gasteiger partial charge in [-0.05, 0) is 37.3 Å². The number of carbonyl (C=O) groups is 1. The van der Waals surface area contributed by atoms with Crippen LogP contribution in [0.3, 0.4) is 0 Å². The van der Waals surface area contributed by atoms with Crippen LogP contribution in [-0.2, 0) is 10.0 Å². The second kappa shape index (κ2) is 8.69. The van der Waals surface area contributed by atoms with Crippen LogP contribution in [-0.4, -0.2) is 44.9 Å². The molecule has 146 valence electrons. The quantitative estimate of drug-likeness (QED) is 0.807. The van der Waals surface area contributed by atoms with E-state index in [1.165, 1.54) is 42.5 Å². The first-order valence-corrected chi connectivity index (χ1v) is 9.76. The molecule has 3 rings (SSSR count). The highest BCUT2D eigenvalue weighted by molar-refractivity contribution is 7.92. The van der Waals surface area contributed by atoms with Crippen LogP contribution in [0.5, 0.6) is 0 Å². The maximum Gasteiger partial charge on any atom is 0.262 e. The lowest BCUT2D eigenvalue weighted by Gasteiger charge is -2.34. The average Bonchev–Trinajstić information content (AvgIpc) is 2.63. The molecule has 27 heavy (non-hydrogen) atoms. The molecule has 2 aromatic carbocycles. The van der Waals surface area contributed by atoms with Crippen molar-refractivity contribution in [1.82, 2.24) is 10.2 Å². The summed E-state index contributed by atoms with van der Waals surface area (Å²) in [6, 6.07) is 11.3. The van der Waals surface area contributed by atoms with Gasteiger partial charge in [-0.2, -0.15) is 0 Å². The van der Waals surface area contributed by atoms with Gasteiger partial charge >= 0.3 is 0 Å². The van der Waals surface area contributed by atoms with Crippen LogP contribution in [0, 0.1) is 5.82 Å². The number of nitrogens with zero attached hydrogens (tertiary/aromatic N) is 1. The molecule has 1 unspecified atom stereocenters. The molecule has 1 amide bonds. The topological polar surface area (TPSA) is 78.5 Å². The Hall–Kier alpha value is -2.16. The lowest BCUT2D eigenvalue weighted by Crippen LogP contribution is -2.52. The molecule has 2 N–H and O–H groups in total. The molecule has 0 radical (unpaired) electrons. The van der Waals surface area contributed by atoms with Gasteiger partial charge < -0.3 is 10.2 Å². The second-order valence-electron chi connectivity index (χ2n) is 6.16. The summed E-state index contributed by atoms with van der Waals surface area (Å²) in [7, 11) is -4.01. The lowest BCUT2D eigenvalue weighted by atomic mass is 10.1. The number of rotatable bonds is 4. The number of nitrogens with one attached hydrogen (secondary N) is 2. The monoisotopic (exact) mass is 413 g/mol. The molecule has 0 saturated carbocycles. The Labute approximate surface area is 164 Å². The number of hydrogen-bond acceptors (Lipinski definition) is 4. The molecular formula is C18H21ClFN3O3S. The fraction of sp³-hybridized carbons (Fsp3) is 0.278. The van der Waals surface area contributed by atoms with E-state index in [4.69, 9.17) is 0 Å². The Kier molecular flexibility index (Phi) is 6.80. The first-order chi connectivity index (χ1) is 12.4. The molecule has 1 heterocycles. The molecule has 1 atom stereocenters. The average molecular weight is 414 g/mol. The predicted octanol–water partition coefficient (Wildman–Crippen LogP) is 2.48. The van der Waals surface area contributed by atoms with E-state index in [9.17, 15) is 17.6 Å². The molecule has 1 saturated heterocycles. The minimum Gasteiger partial charge on any atom is -0.333 e. The minimum atomic E-state index is -4.01. The van der Waals surface area contributed by atoms with Crippen LogP contribution in [0.25, 0.3) is 0 Å². The number of piperazine rings is 1. The Morgan fingerprint density at radius 2 is 1.96 bits per heavy atom. The zero-order valence-electron chi connectivity index (χ0n) is 14.7. The minimum absolute atomic E-state index is 0. The number of benzene rings is 2. The van der Waals surface area contributed by atoms with Gasteiger partial charge in [-0.1, -0.05) is 18.2 Å². The summed E-state index contributed by atoms with van der Waals surface area (Å²) in [4.78, 5) is 14.4. The van der Waals surface area contributed by atoms with E-state index in [-0.39, 0.29) is 40.5 Å². The molecule has 1 aliphatic heterocycles.